The van der Waals surface area contributed by atoms with Gasteiger partial charge in [0.25, 0.3) is 0 Å². The quantitative estimate of drug-likeness (QED) is 0.156. The van der Waals surface area contributed by atoms with Crippen LogP contribution < -0.4 is 0 Å². The molecule has 19 rings (SSSR count). The first-order chi connectivity index (χ1) is 32.7. The molecule has 66 heavy (non-hydrogen) atoms. The van der Waals surface area contributed by atoms with Crippen LogP contribution in [0.1, 0.15) is 0 Å². The summed E-state index contributed by atoms with van der Waals surface area (Å²) in [7, 11) is 0. The molecule has 0 atom stereocenters. The smallest absolute Gasteiger partial charge is 0.000763 e. The van der Waals surface area contributed by atoms with Gasteiger partial charge in [-0.15, -0.1) is 0 Å². The van der Waals surface area contributed by atoms with E-state index in [1.165, 1.54) is 195 Å². The summed E-state index contributed by atoms with van der Waals surface area (Å²) in [6, 6.07) is 71.4. The first kappa shape index (κ1) is 32.1. The van der Waals surface area contributed by atoms with E-state index in [1.807, 2.05) is 0 Å². The highest BCUT2D eigenvalue weighted by molar-refractivity contribution is 6.48. The van der Waals surface area contributed by atoms with E-state index in [0.29, 0.717) is 0 Å². The van der Waals surface area contributed by atoms with E-state index in [2.05, 4.69) is 182 Å². The van der Waals surface area contributed by atoms with Crippen LogP contribution in [0, 0.1) is 0 Å². The van der Waals surface area contributed by atoms with Gasteiger partial charge >= 0.3 is 0 Å². The zero-order valence-corrected chi connectivity index (χ0v) is 35.3. The van der Waals surface area contributed by atoms with Crippen LogP contribution in [0.2, 0.25) is 0 Å². The summed E-state index contributed by atoms with van der Waals surface area (Å²) in [4.78, 5) is 0. The van der Waals surface area contributed by atoms with Gasteiger partial charge in [-0.05, 0) is 231 Å². The fraction of sp³-hybridized carbons (Fsp3) is 0. The Bertz CT molecular complexity index is 4600. The molecular weight excluding hydrogens is 793 g/mol. The topological polar surface area (TPSA) is 0 Å². The van der Waals surface area contributed by atoms with Crippen LogP contribution in [-0.4, -0.2) is 0 Å². The Kier molecular flexibility index (Phi) is 5.04. The second kappa shape index (κ2) is 10.3. The summed E-state index contributed by atoms with van der Waals surface area (Å²) in [5.41, 5.74) is 7.63. The lowest BCUT2D eigenvalue weighted by molar-refractivity contribution is 1.63. The Balaban J connectivity index is 0.981. The predicted molar refractivity (Wildman–Crippen MR) is 286 cm³/mol. The van der Waals surface area contributed by atoms with Crippen LogP contribution >= 0.6 is 0 Å². The highest BCUT2D eigenvalue weighted by Crippen LogP contribution is 2.55. The average molecular weight is 823 g/mol. The first-order valence-corrected chi connectivity index (χ1v) is 23.4. The van der Waals surface area contributed by atoms with Crippen molar-refractivity contribution >= 4 is 162 Å². The molecule has 0 heterocycles. The van der Waals surface area contributed by atoms with Crippen LogP contribution in [0.3, 0.4) is 0 Å². The minimum Gasteiger partial charge on any atom is -0.0537 e. The van der Waals surface area contributed by atoms with Crippen molar-refractivity contribution < 1.29 is 0 Å². The summed E-state index contributed by atoms with van der Waals surface area (Å²) in [5.74, 6) is 0. The van der Waals surface area contributed by atoms with Crippen molar-refractivity contribution in [1.29, 1.82) is 0 Å². The third-order valence-corrected chi connectivity index (χ3v) is 16.9. The van der Waals surface area contributed by atoms with E-state index in [4.69, 9.17) is 0 Å². The molecule has 0 saturated carbocycles. The van der Waals surface area contributed by atoms with Gasteiger partial charge in [0.05, 0.1) is 0 Å². The molecule has 0 aliphatic rings. The largest absolute Gasteiger partial charge is 0.0537 e. The Morgan fingerprint density at radius 2 is 0.303 bits per heavy atom. The maximum Gasteiger partial charge on any atom is -0.000763 e. The maximum atomic E-state index is 2.52. The first-order valence-electron chi connectivity index (χ1n) is 23.4. The number of hydrogen-bond acceptors (Lipinski definition) is 0. The third kappa shape index (κ3) is 3.41. The minimum atomic E-state index is 1.25. The van der Waals surface area contributed by atoms with Crippen LogP contribution in [0.4, 0.5) is 0 Å². The van der Waals surface area contributed by atoms with Gasteiger partial charge in [0.15, 0.2) is 0 Å². The number of benzene rings is 16. The van der Waals surface area contributed by atoms with Crippen molar-refractivity contribution in [1.82, 2.24) is 0 Å². The van der Waals surface area contributed by atoms with Crippen LogP contribution in [0.25, 0.3) is 195 Å². The van der Waals surface area contributed by atoms with Gasteiger partial charge in [0.2, 0.25) is 0 Å². The lowest BCUT2D eigenvalue weighted by Gasteiger charge is -2.18. The molecule has 0 saturated heterocycles. The lowest BCUT2D eigenvalue weighted by Crippen LogP contribution is -1.91. The molecule has 0 aliphatic heterocycles. The third-order valence-electron chi connectivity index (χ3n) is 16.9. The Labute approximate surface area is 375 Å². The van der Waals surface area contributed by atoms with E-state index in [1.54, 1.807) is 0 Å². The second-order valence-corrected chi connectivity index (χ2v) is 19.8. The summed E-state index contributed by atoms with van der Waals surface area (Å²) in [6.07, 6.45) is 0. The van der Waals surface area contributed by atoms with Crippen molar-refractivity contribution in [2.75, 3.05) is 0 Å². The van der Waals surface area contributed by atoms with E-state index in [0.717, 1.165) is 0 Å². The van der Waals surface area contributed by atoms with Crippen molar-refractivity contribution in [2.45, 2.75) is 0 Å². The number of hydrogen-bond donors (Lipinski definition) is 0. The molecule has 0 N–H and O–H groups in total. The fourth-order valence-electron chi connectivity index (χ4n) is 14.3. The molecule has 0 bridgehead atoms. The highest BCUT2D eigenvalue weighted by atomic mass is 14.3. The average Bonchev–Trinajstić information content (AvgIpc) is 4.06. The molecule has 0 aliphatic carbocycles. The molecule has 0 spiro atoms. The molecule has 0 amide bonds. The SMILES string of the molecule is c1c(-c2cc3ccc4ccc5ccc6ccc2c2c6c5c4c32)cc(-c2cc3ccc4ccc5ccc6ccc2c2c6c5c4c32)cc1-c1cc2ccc3ccc4ccc5ccc1c1c5c4c3c21. The molecule has 294 valence electrons. The molecule has 0 aromatic heterocycles. The molecule has 19 aromatic rings. The molecule has 19 aromatic carbocycles. The van der Waals surface area contributed by atoms with E-state index in [-0.39, 0.29) is 0 Å². The monoisotopic (exact) mass is 822 g/mol. The highest BCUT2D eigenvalue weighted by Gasteiger charge is 2.27. The molecule has 0 nitrogen and oxygen atoms in total. The Hall–Kier alpha value is -8.58. The molecule has 0 heteroatoms. The van der Waals surface area contributed by atoms with Crippen molar-refractivity contribution in [2.24, 2.45) is 0 Å². The summed E-state index contributed by atoms with van der Waals surface area (Å²) in [6.45, 7) is 0. The summed E-state index contributed by atoms with van der Waals surface area (Å²) >= 11 is 0. The molecule has 0 fully saturated rings. The lowest BCUT2D eigenvalue weighted by atomic mass is 9.85. The maximum absolute atomic E-state index is 2.52. The standard InChI is InChI=1S/C66H30/c1-4-34-13-16-40-28-49(46-22-19-37-10-7-31(1)52-55(34)61(40)64(46)58(37)52)43-25-44(50-29-41-17-14-35-5-2-32-8-11-38-20-23-47(50)65-59(38)53(32)56(35)62(41)65)27-45(26-43)51-30-42-18-15-36-6-3-33-9-12-39-21-24-48(51)66-60(39)54(33)57(36)63(42)66/h1-30H. The van der Waals surface area contributed by atoms with E-state index >= 15 is 0 Å². The molecule has 0 radical (unpaired) electrons. The van der Waals surface area contributed by atoms with Crippen LogP contribution in [0.15, 0.2) is 182 Å². The zero-order chi connectivity index (χ0) is 42.0. The van der Waals surface area contributed by atoms with Gasteiger partial charge in [0.1, 0.15) is 0 Å². The van der Waals surface area contributed by atoms with Crippen molar-refractivity contribution in [3.05, 3.63) is 182 Å². The zero-order valence-electron chi connectivity index (χ0n) is 35.3. The summed E-state index contributed by atoms with van der Waals surface area (Å²) < 4.78 is 0. The van der Waals surface area contributed by atoms with Gasteiger partial charge in [-0.3, -0.25) is 0 Å². The fourth-order valence-corrected chi connectivity index (χ4v) is 14.3. The van der Waals surface area contributed by atoms with Gasteiger partial charge in [-0.1, -0.05) is 146 Å². The predicted octanol–water partition coefficient (Wildman–Crippen LogP) is 18.9. The van der Waals surface area contributed by atoms with Crippen LogP contribution in [0.5, 0.6) is 0 Å². The Morgan fingerprint density at radius 3 is 0.530 bits per heavy atom. The normalized spacial score (nSPS) is 13.5. The van der Waals surface area contributed by atoms with Gasteiger partial charge < -0.3 is 0 Å². The second-order valence-electron chi connectivity index (χ2n) is 19.8. The Morgan fingerprint density at radius 1 is 0.136 bits per heavy atom. The van der Waals surface area contributed by atoms with E-state index in [9.17, 15) is 0 Å². The van der Waals surface area contributed by atoms with Gasteiger partial charge in [0, 0.05) is 0 Å². The molecule has 0 unspecified atom stereocenters. The van der Waals surface area contributed by atoms with Crippen molar-refractivity contribution in [3.63, 3.8) is 0 Å². The molecular formula is C66H30. The van der Waals surface area contributed by atoms with Gasteiger partial charge in [-0.25, -0.2) is 0 Å². The van der Waals surface area contributed by atoms with Gasteiger partial charge in [-0.2, -0.15) is 0 Å². The van der Waals surface area contributed by atoms with Crippen LogP contribution in [-0.2, 0) is 0 Å². The van der Waals surface area contributed by atoms with E-state index < -0.39 is 0 Å². The summed E-state index contributed by atoms with van der Waals surface area (Å²) in [5, 5.41) is 41.0. The van der Waals surface area contributed by atoms with Crippen molar-refractivity contribution in [3.8, 4) is 33.4 Å². The minimum absolute atomic E-state index is 1.25. The number of rotatable bonds is 3.